The van der Waals surface area contributed by atoms with Gasteiger partial charge >= 0.3 is 0 Å². The maximum atomic E-state index is 12.2. The Balaban J connectivity index is 1.55. The van der Waals surface area contributed by atoms with E-state index in [1.807, 2.05) is 60.1 Å². The van der Waals surface area contributed by atoms with Gasteiger partial charge < -0.3 is 19.4 Å². The van der Waals surface area contributed by atoms with E-state index in [2.05, 4.69) is 31.4 Å². The Bertz CT molecular complexity index is 964. The number of aromatic nitrogens is 3. The first kappa shape index (κ1) is 20.2. The first-order valence-corrected chi connectivity index (χ1v) is 10.2. The Morgan fingerprint density at radius 2 is 1.96 bits per heavy atom. The quantitative estimate of drug-likeness (QED) is 0.511. The number of rotatable bonds is 8. The van der Waals surface area contributed by atoms with Crippen molar-refractivity contribution < 1.29 is 14.3 Å². The molecular weight excluding hydrogens is 444 g/mol. The molecule has 0 aliphatic carbocycles. The van der Waals surface area contributed by atoms with Crippen molar-refractivity contribution in [2.24, 2.45) is 7.05 Å². The van der Waals surface area contributed by atoms with E-state index in [0.29, 0.717) is 22.5 Å². The van der Waals surface area contributed by atoms with Crippen molar-refractivity contribution in [3.8, 4) is 11.5 Å². The summed E-state index contributed by atoms with van der Waals surface area (Å²) in [5.41, 5.74) is 0.740. The Kier molecular flexibility index (Phi) is 6.94. The van der Waals surface area contributed by atoms with E-state index in [4.69, 9.17) is 9.47 Å². The number of anilines is 1. The summed E-state index contributed by atoms with van der Waals surface area (Å²) in [6.07, 6.45) is 0. The van der Waals surface area contributed by atoms with Crippen LogP contribution in [0.5, 0.6) is 11.5 Å². The lowest BCUT2D eigenvalue weighted by atomic mass is 10.3. The molecule has 28 heavy (non-hydrogen) atoms. The number of para-hydroxylation sites is 2. The summed E-state index contributed by atoms with van der Waals surface area (Å²) < 4.78 is 13.8. The maximum absolute atomic E-state index is 12.2. The van der Waals surface area contributed by atoms with Gasteiger partial charge in [-0.1, -0.05) is 45.9 Å². The number of carbonyl (C=O) groups is 1. The molecule has 0 aliphatic heterocycles. The molecule has 0 saturated heterocycles. The zero-order valence-electron chi connectivity index (χ0n) is 15.4. The number of ether oxygens (including phenoxy) is 2. The Morgan fingerprint density at radius 3 is 2.71 bits per heavy atom. The molecule has 0 fully saturated rings. The summed E-state index contributed by atoms with van der Waals surface area (Å²) in [5.74, 6) is 2.06. The van der Waals surface area contributed by atoms with Gasteiger partial charge in [0.2, 0.25) is 5.91 Å². The highest BCUT2D eigenvalue weighted by molar-refractivity contribution is 9.10. The lowest BCUT2D eigenvalue weighted by Crippen LogP contribution is -2.14. The molecule has 2 aromatic carbocycles. The van der Waals surface area contributed by atoms with E-state index < -0.39 is 0 Å². The van der Waals surface area contributed by atoms with E-state index in [-0.39, 0.29) is 18.3 Å². The van der Waals surface area contributed by atoms with Gasteiger partial charge in [-0.15, -0.1) is 10.2 Å². The summed E-state index contributed by atoms with van der Waals surface area (Å²) in [7, 11) is 3.44. The molecule has 0 saturated carbocycles. The largest absolute Gasteiger partial charge is 0.493 e. The minimum atomic E-state index is -0.113. The molecule has 3 rings (SSSR count). The number of amides is 1. The first-order valence-electron chi connectivity index (χ1n) is 8.39. The standard InChI is InChI=1S/C19H19BrN4O3S/c1-24-17(11-27-16-9-4-3-8-15(16)26-2)22-23-19(24)28-12-18(25)21-14-7-5-6-13(20)10-14/h3-10H,11-12H2,1-2H3,(H,21,25). The lowest BCUT2D eigenvalue weighted by Gasteiger charge is -2.10. The number of halogens is 1. The summed E-state index contributed by atoms with van der Waals surface area (Å²) in [5, 5.41) is 11.8. The molecule has 3 aromatic rings. The van der Waals surface area contributed by atoms with E-state index >= 15 is 0 Å². The Labute approximate surface area is 175 Å². The van der Waals surface area contributed by atoms with Crippen LogP contribution in [0.4, 0.5) is 5.69 Å². The zero-order chi connectivity index (χ0) is 19.9. The normalized spacial score (nSPS) is 10.5. The van der Waals surface area contributed by atoms with Gasteiger partial charge in [-0.3, -0.25) is 4.79 Å². The van der Waals surface area contributed by atoms with Crippen LogP contribution in [0.2, 0.25) is 0 Å². The van der Waals surface area contributed by atoms with Gasteiger partial charge in [0.1, 0.15) is 6.61 Å². The van der Waals surface area contributed by atoms with Gasteiger partial charge in [-0.25, -0.2) is 0 Å². The predicted octanol–water partition coefficient (Wildman–Crippen LogP) is 3.90. The number of carbonyl (C=O) groups excluding carboxylic acids is 1. The first-order chi connectivity index (χ1) is 13.6. The third kappa shape index (κ3) is 5.26. The van der Waals surface area contributed by atoms with E-state index in [0.717, 1.165) is 10.2 Å². The lowest BCUT2D eigenvalue weighted by molar-refractivity contribution is -0.113. The third-order valence-corrected chi connectivity index (χ3v) is 5.31. The third-order valence-electron chi connectivity index (χ3n) is 3.79. The summed E-state index contributed by atoms with van der Waals surface area (Å²) in [4.78, 5) is 12.2. The summed E-state index contributed by atoms with van der Waals surface area (Å²) >= 11 is 4.70. The van der Waals surface area contributed by atoms with Gasteiger partial charge in [-0.05, 0) is 30.3 Å². The van der Waals surface area contributed by atoms with Gasteiger partial charge in [0.15, 0.2) is 22.5 Å². The van der Waals surface area contributed by atoms with Crippen LogP contribution in [0.1, 0.15) is 5.82 Å². The number of hydrogen-bond donors (Lipinski definition) is 1. The maximum Gasteiger partial charge on any atom is 0.234 e. The fourth-order valence-electron chi connectivity index (χ4n) is 2.37. The second-order valence-corrected chi connectivity index (χ2v) is 7.60. The van der Waals surface area contributed by atoms with Crippen molar-refractivity contribution >= 4 is 39.3 Å². The van der Waals surface area contributed by atoms with Crippen LogP contribution in [0.25, 0.3) is 0 Å². The van der Waals surface area contributed by atoms with Crippen LogP contribution >= 0.6 is 27.7 Å². The molecule has 1 aromatic heterocycles. The van der Waals surface area contributed by atoms with Gasteiger partial charge in [0.25, 0.3) is 0 Å². The van der Waals surface area contributed by atoms with Crippen molar-refractivity contribution in [1.82, 2.24) is 14.8 Å². The van der Waals surface area contributed by atoms with Gasteiger partial charge in [0, 0.05) is 17.2 Å². The van der Waals surface area contributed by atoms with Crippen molar-refractivity contribution in [1.29, 1.82) is 0 Å². The van der Waals surface area contributed by atoms with Crippen LogP contribution in [-0.4, -0.2) is 33.5 Å². The molecule has 0 bridgehead atoms. The fraction of sp³-hybridized carbons (Fsp3) is 0.211. The molecule has 146 valence electrons. The minimum absolute atomic E-state index is 0.113. The fourth-order valence-corrected chi connectivity index (χ4v) is 3.50. The molecule has 0 unspecified atom stereocenters. The SMILES string of the molecule is COc1ccccc1OCc1nnc(SCC(=O)Nc2cccc(Br)c2)n1C. The van der Waals surface area contributed by atoms with Crippen molar-refractivity contribution in [3.05, 3.63) is 58.8 Å². The monoisotopic (exact) mass is 462 g/mol. The van der Waals surface area contributed by atoms with Crippen molar-refractivity contribution in [3.63, 3.8) is 0 Å². The van der Waals surface area contributed by atoms with E-state index in [1.165, 1.54) is 11.8 Å². The van der Waals surface area contributed by atoms with Gasteiger partial charge in [-0.2, -0.15) is 0 Å². The molecule has 1 N–H and O–H groups in total. The van der Waals surface area contributed by atoms with Crippen LogP contribution < -0.4 is 14.8 Å². The molecule has 0 spiro atoms. The second-order valence-electron chi connectivity index (χ2n) is 5.74. The Hall–Kier alpha value is -2.52. The van der Waals surface area contributed by atoms with Gasteiger partial charge in [0.05, 0.1) is 12.9 Å². The number of thioether (sulfide) groups is 1. The molecule has 1 heterocycles. The van der Waals surface area contributed by atoms with Crippen LogP contribution in [0.15, 0.2) is 58.2 Å². The Morgan fingerprint density at radius 1 is 1.18 bits per heavy atom. The van der Waals surface area contributed by atoms with Crippen LogP contribution in [0.3, 0.4) is 0 Å². The topological polar surface area (TPSA) is 78.3 Å². The zero-order valence-corrected chi connectivity index (χ0v) is 17.8. The summed E-state index contributed by atoms with van der Waals surface area (Å²) in [6.45, 7) is 0.245. The molecule has 0 atom stereocenters. The van der Waals surface area contributed by atoms with E-state index in [1.54, 1.807) is 7.11 Å². The molecule has 9 heteroatoms. The van der Waals surface area contributed by atoms with Crippen LogP contribution in [0, 0.1) is 0 Å². The van der Waals surface area contributed by atoms with Crippen LogP contribution in [-0.2, 0) is 18.4 Å². The molecule has 0 aliphatic rings. The predicted molar refractivity (Wildman–Crippen MR) is 112 cm³/mol. The number of methoxy groups -OCH3 is 1. The summed E-state index contributed by atoms with van der Waals surface area (Å²) in [6, 6.07) is 14.9. The van der Waals surface area contributed by atoms with Crippen molar-refractivity contribution in [2.75, 3.05) is 18.2 Å². The number of nitrogens with zero attached hydrogens (tertiary/aromatic N) is 3. The molecular formula is C19H19BrN4O3S. The second kappa shape index (κ2) is 9.61. The van der Waals surface area contributed by atoms with Crippen molar-refractivity contribution in [2.45, 2.75) is 11.8 Å². The highest BCUT2D eigenvalue weighted by Gasteiger charge is 2.13. The molecule has 0 radical (unpaired) electrons. The number of hydrogen-bond acceptors (Lipinski definition) is 6. The average molecular weight is 463 g/mol. The highest BCUT2D eigenvalue weighted by Crippen LogP contribution is 2.27. The molecule has 1 amide bonds. The smallest absolute Gasteiger partial charge is 0.234 e. The van der Waals surface area contributed by atoms with E-state index in [9.17, 15) is 4.79 Å². The number of nitrogens with one attached hydrogen (secondary N) is 1. The number of benzene rings is 2. The highest BCUT2D eigenvalue weighted by atomic mass is 79.9. The minimum Gasteiger partial charge on any atom is -0.493 e. The molecule has 7 nitrogen and oxygen atoms in total. The average Bonchev–Trinajstić information content (AvgIpc) is 3.04.